The molecule has 2 atom stereocenters. The highest BCUT2D eigenvalue weighted by Crippen LogP contribution is 2.27. The van der Waals surface area contributed by atoms with Gasteiger partial charge in [0.2, 0.25) is 0 Å². The quantitative estimate of drug-likeness (QED) is 0.773. The Labute approximate surface area is 148 Å². The lowest BCUT2D eigenvalue weighted by atomic mass is 9.96. The number of fused-ring (bicyclic) bond motifs is 1. The van der Waals surface area contributed by atoms with Crippen LogP contribution in [0.1, 0.15) is 42.5 Å². The topological polar surface area (TPSA) is 81.5 Å². The summed E-state index contributed by atoms with van der Waals surface area (Å²) in [6, 6.07) is 8.09. The van der Waals surface area contributed by atoms with E-state index in [0.29, 0.717) is 5.82 Å². The van der Waals surface area contributed by atoms with Crippen molar-refractivity contribution in [3.8, 4) is 0 Å². The van der Waals surface area contributed by atoms with Crippen molar-refractivity contribution in [2.24, 2.45) is 0 Å². The molecule has 0 unspecified atom stereocenters. The van der Waals surface area contributed by atoms with Gasteiger partial charge in [-0.2, -0.15) is 0 Å². The second kappa shape index (κ2) is 7.37. The Kier molecular flexibility index (Phi) is 5.20. The predicted molar refractivity (Wildman–Crippen MR) is 98.8 cm³/mol. The van der Waals surface area contributed by atoms with Crippen molar-refractivity contribution >= 4 is 11.6 Å². The Balaban J connectivity index is 1.81. The summed E-state index contributed by atoms with van der Waals surface area (Å²) in [6.07, 6.45) is 0.490. The molecule has 0 spiro atoms. The molecule has 1 aromatic carbocycles. The van der Waals surface area contributed by atoms with Gasteiger partial charge in [0.25, 0.3) is 0 Å². The highest BCUT2D eigenvalue weighted by atomic mass is 16.3. The van der Waals surface area contributed by atoms with E-state index in [1.807, 2.05) is 26.0 Å². The van der Waals surface area contributed by atoms with Crippen molar-refractivity contribution in [1.82, 2.24) is 9.97 Å². The number of nitrogens with one attached hydrogen (secondary N) is 1. The Hall–Kier alpha value is -2.18. The summed E-state index contributed by atoms with van der Waals surface area (Å²) in [6.45, 7) is 7.31. The van der Waals surface area contributed by atoms with Gasteiger partial charge in [0.05, 0.1) is 12.7 Å². The number of benzene rings is 1. The second-order valence-electron chi connectivity index (χ2n) is 6.76. The van der Waals surface area contributed by atoms with Crippen molar-refractivity contribution in [3.05, 3.63) is 46.8 Å². The zero-order valence-corrected chi connectivity index (χ0v) is 15.0. The van der Waals surface area contributed by atoms with Crippen molar-refractivity contribution < 1.29 is 10.2 Å². The van der Waals surface area contributed by atoms with Crippen LogP contribution in [-0.4, -0.2) is 39.4 Å². The molecule has 0 radical (unpaired) electrons. The van der Waals surface area contributed by atoms with Gasteiger partial charge in [-0.25, -0.2) is 9.97 Å². The lowest BCUT2D eigenvalue weighted by Gasteiger charge is -2.30. The number of rotatable bonds is 5. The fourth-order valence-corrected chi connectivity index (χ4v) is 3.11. The number of aliphatic hydroxyl groups is 2. The molecule has 0 saturated carbocycles. The standard InChI is InChI=1S/C19H26N4O2/c1-12(11-24)20-18-9-19(22-14(3)21-18)23-7-6-16-8-15(13(2)25)4-5-17(16)10-23/h4-5,8-9,12-13,24-25H,6-7,10-11H2,1-3H3,(H,20,21,22)/t12-,13+/m1/s1. The molecule has 0 amide bonds. The fourth-order valence-electron chi connectivity index (χ4n) is 3.11. The number of nitrogens with zero attached hydrogens (tertiary/aromatic N) is 3. The summed E-state index contributed by atoms with van der Waals surface area (Å²) in [5.74, 6) is 2.34. The van der Waals surface area contributed by atoms with Crippen LogP contribution in [0.2, 0.25) is 0 Å². The summed E-state index contributed by atoms with van der Waals surface area (Å²) in [5, 5.41) is 22.2. The summed E-state index contributed by atoms with van der Waals surface area (Å²) < 4.78 is 0. The average molecular weight is 342 g/mol. The molecule has 1 aromatic heterocycles. The summed E-state index contributed by atoms with van der Waals surface area (Å²) in [4.78, 5) is 11.2. The molecule has 1 aliphatic rings. The molecule has 2 heterocycles. The van der Waals surface area contributed by atoms with E-state index in [2.05, 4.69) is 32.3 Å². The molecule has 0 bridgehead atoms. The van der Waals surface area contributed by atoms with Crippen LogP contribution in [0.15, 0.2) is 24.3 Å². The van der Waals surface area contributed by atoms with Gasteiger partial charge in [0.1, 0.15) is 17.5 Å². The number of aliphatic hydroxyl groups excluding tert-OH is 2. The van der Waals surface area contributed by atoms with Gasteiger partial charge in [0, 0.05) is 25.2 Å². The number of anilines is 2. The van der Waals surface area contributed by atoms with E-state index in [1.165, 1.54) is 11.1 Å². The van der Waals surface area contributed by atoms with Crippen LogP contribution >= 0.6 is 0 Å². The monoisotopic (exact) mass is 342 g/mol. The van der Waals surface area contributed by atoms with Crippen LogP contribution in [0.25, 0.3) is 0 Å². The van der Waals surface area contributed by atoms with Crippen molar-refractivity contribution in [2.45, 2.75) is 45.9 Å². The van der Waals surface area contributed by atoms with Gasteiger partial charge >= 0.3 is 0 Å². The Morgan fingerprint density at radius 1 is 1.20 bits per heavy atom. The maximum Gasteiger partial charge on any atom is 0.134 e. The first-order valence-corrected chi connectivity index (χ1v) is 8.74. The third-order valence-corrected chi connectivity index (χ3v) is 4.54. The lowest BCUT2D eigenvalue weighted by Crippen LogP contribution is -2.31. The number of aromatic nitrogens is 2. The molecule has 0 saturated heterocycles. The molecule has 0 fully saturated rings. The van der Waals surface area contributed by atoms with E-state index >= 15 is 0 Å². The van der Waals surface area contributed by atoms with Crippen LogP contribution in [0.5, 0.6) is 0 Å². The van der Waals surface area contributed by atoms with Gasteiger partial charge in [-0.1, -0.05) is 18.2 Å². The molecular formula is C19H26N4O2. The molecule has 6 nitrogen and oxygen atoms in total. The molecule has 3 N–H and O–H groups in total. The molecule has 1 aliphatic heterocycles. The maximum absolute atomic E-state index is 9.76. The summed E-state index contributed by atoms with van der Waals surface area (Å²) in [7, 11) is 0. The van der Waals surface area contributed by atoms with Gasteiger partial charge < -0.3 is 20.4 Å². The second-order valence-corrected chi connectivity index (χ2v) is 6.76. The smallest absolute Gasteiger partial charge is 0.134 e. The average Bonchev–Trinajstić information content (AvgIpc) is 2.60. The van der Waals surface area contributed by atoms with Crippen molar-refractivity contribution in [1.29, 1.82) is 0 Å². The maximum atomic E-state index is 9.76. The summed E-state index contributed by atoms with van der Waals surface area (Å²) in [5.41, 5.74) is 3.53. The normalized spacial score (nSPS) is 16.3. The SMILES string of the molecule is Cc1nc(N[C@H](C)CO)cc(N2CCc3cc([C@H](C)O)ccc3C2)n1. The van der Waals surface area contributed by atoms with E-state index in [4.69, 9.17) is 0 Å². The summed E-state index contributed by atoms with van der Waals surface area (Å²) >= 11 is 0. The minimum Gasteiger partial charge on any atom is -0.394 e. The number of aryl methyl sites for hydroxylation is 1. The Bertz CT molecular complexity index is 748. The van der Waals surface area contributed by atoms with Crippen LogP contribution in [-0.2, 0) is 13.0 Å². The van der Waals surface area contributed by atoms with E-state index < -0.39 is 6.10 Å². The predicted octanol–water partition coefficient (Wildman–Crippen LogP) is 2.19. The minimum atomic E-state index is -0.435. The third kappa shape index (κ3) is 4.08. The van der Waals surface area contributed by atoms with Gasteiger partial charge in [-0.3, -0.25) is 0 Å². The van der Waals surface area contributed by atoms with E-state index in [-0.39, 0.29) is 12.6 Å². The highest BCUT2D eigenvalue weighted by Gasteiger charge is 2.19. The minimum absolute atomic E-state index is 0.0527. The van der Waals surface area contributed by atoms with E-state index in [1.54, 1.807) is 6.92 Å². The van der Waals surface area contributed by atoms with Crippen molar-refractivity contribution in [3.63, 3.8) is 0 Å². The Morgan fingerprint density at radius 2 is 2.00 bits per heavy atom. The first kappa shape index (κ1) is 17.6. The third-order valence-electron chi connectivity index (χ3n) is 4.54. The Morgan fingerprint density at radius 3 is 2.72 bits per heavy atom. The number of hydrogen-bond acceptors (Lipinski definition) is 6. The van der Waals surface area contributed by atoms with E-state index in [9.17, 15) is 10.2 Å². The van der Waals surface area contributed by atoms with Crippen LogP contribution in [0.4, 0.5) is 11.6 Å². The molecule has 2 aromatic rings. The zero-order chi connectivity index (χ0) is 18.0. The van der Waals surface area contributed by atoms with Gasteiger partial charge in [0.15, 0.2) is 0 Å². The molecule has 0 aliphatic carbocycles. The van der Waals surface area contributed by atoms with Crippen LogP contribution < -0.4 is 10.2 Å². The lowest BCUT2D eigenvalue weighted by molar-refractivity contribution is 0.199. The van der Waals surface area contributed by atoms with Crippen LogP contribution in [0.3, 0.4) is 0 Å². The molecule has 6 heteroatoms. The fraction of sp³-hybridized carbons (Fsp3) is 0.474. The number of hydrogen-bond donors (Lipinski definition) is 3. The van der Waals surface area contributed by atoms with Crippen LogP contribution in [0, 0.1) is 6.92 Å². The molecule has 25 heavy (non-hydrogen) atoms. The molecular weight excluding hydrogens is 316 g/mol. The van der Waals surface area contributed by atoms with Crippen molar-refractivity contribution in [2.75, 3.05) is 23.4 Å². The molecule has 3 rings (SSSR count). The first-order chi connectivity index (χ1) is 12.0. The van der Waals surface area contributed by atoms with E-state index in [0.717, 1.165) is 36.7 Å². The largest absolute Gasteiger partial charge is 0.394 e. The van der Waals surface area contributed by atoms with Gasteiger partial charge in [-0.15, -0.1) is 0 Å². The zero-order valence-electron chi connectivity index (χ0n) is 15.0. The molecule has 134 valence electrons. The highest BCUT2D eigenvalue weighted by molar-refractivity contribution is 5.52. The van der Waals surface area contributed by atoms with Gasteiger partial charge in [-0.05, 0) is 43.9 Å². The first-order valence-electron chi connectivity index (χ1n) is 8.74.